The van der Waals surface area contributed by atoms with Crippen molar-refractivity contribution < 1.29 is 29.9 Å². The van der Waals surface area contributed by atoms with Gasteiger partial charge in [-0.15, -0.1) is 0 Å². The second kappa shape index (κ2) is 7.06. The van der Waals surface area contributed by atoms with Gasteiger partial charge in [-0.05, 0) is 36.5 Å². The molecule has 1 aromatic rings. The summed E-state index contributed by atoms with van der Waals surface area (Å²) >= 11 is 4.49. The van der Waals surface area contributed by atoms with Gasteiger partial charge in [0.2, 0.25) is 6.29 Å². The van der Waals surface area contributed by atoms with Crippen LogP contribution in [0.5, 0.6) is 5.75 Å². The zero-order chi connectivity index (χ0) is 15.4. The van der Waals surface area contributed by atoms with Gasteiger partial charge < -0.3 is 29.9 Å². The lowest BCUT2D eigenvalue weighted by atomic mass is 9.99. The summed E-state index contributed by atoms with van der Waals surface area (Å²) in [4.78, 5) is 3.78. The molecule has 21 heavy (non-hydrogen) atoms. The molecule has 114 valence electrons. The van der Waals surface area contributed by atoms with Crippen LogP contribution >= 0.6 is 12.2 Å². The molecule has 1 saturated heterocycles. The summed E-state index contributed by atoms with van der Waals surface area (Å²) in [6.45, 7) is -0.507. The van der Waals surface area contributed by atoms with Crippen LogP contribution in [0, 0.1) is 0 Å². The molecule has 4 N–H and O–H groups in total. The first-order valence-corrected chi connectivity index (χ1v) is 6.62. The number of isothiocyanates is 1. The Kier molecular flexibility index (Phi) is 5.38. The Bertz CT molecular complexity index is 516. The quantitative estimate of drug-likeness (QED) is 0.442. The normalized spacial score (nSPS) is 32.3. The van der Waals surface area contributed by atoms with E-state index in [0.717, 1.165) is 0 Å². The van der Waals surface area contributed by atoms with Gasteiger partial charge in [-0.3, -0.25) is 0 Å². The van der Waals surface area contributed by atoms with E-state index in [1.807, 2.05) is 0 Å². The van der Waals surface area contributed by atoms with E-state index in [0.29, 0.717) is 11.4 Å². The van der Waals surface area contributed by atoms with E-state index in [2.05, 4.69) is 22.4 Å². The first-order valence-electron chi connectivity index (χ1n) is 6.22. The molecular weight excluding hydrogens is 298 g/mol. The summed E-state index contributed by atoms with van der Waals surface area (Å²) < 4.78 is 10.6. The number of benzene rings is 1. The van der Waals surface area contributed by atoms with Crippen LogP contribution in [0.25, 0.3) is 0 Å². The molecule has 0 spiro atoms. The maximum absolute atomic E-state index is 9.84. The molecule has 5 atom stereocenters. The van der Waals surface area contributed by atoms with Crippen LogP contribution < -0.4 is 4.74 Å². The van der Waals surface area contributed by atoms with E-state index >= 15 is 0 Å². The van der Waals surface area contributed by atoms with Gasteiger partial charge in [0.1, 0.15) is 30.2 Å². The van der Waals surface area contributed by atoms with Gasteiger partial charge in [0.05, 0.1) is 17.5 Å². The van der Waals surface area contributed by atoms with Crippen molar-refractivity contribution in [3.05, 3.63) is 24.3 Å². The molecular formula is C13H15NO6S. The zero-order valence-corrected chi connectivity index (χ0v) is 11.7. The fourth-order valence-electron chi connectivity index (χ4n) is 1.95. The maximum Gasteiger partial charge on any atom is 0.229 e. The van der Waals surface area contributed by atoms with Crippen molar-refractivity contribution in [3.63, 3.8) is 0 Å². The van der Waals surface area contributed by atoms with Gasteiger partial charge in [-0.25, -0.2) is 0 Å². The summed E-state index contributed by atoms with van der Waals surface area (Å²) in [5, 5.41) is 40.5. The standard InChI is InChI=1S/C13H15NO6S/c15-5-9-10(16)11(17)12(18)13(20-9)19-8-3-1-7(2-4-8)14-6-21/h1-4,9-13,15-18H,5H2/t9?,10-,11?,12?,13+/m0/s1. The number of hydrogen-bond donors (Lipinski definition) is 4. The summed E-state index contributed by atoms with van der Waals surface area (Å²) in [6.07, 6.45) is -6.54. The van der Waals surface area contributed by atoms with Crippen LogP contribution in [0.1, 0.15) is 0 Å². The Morgan fingerprint density at radius 3 is 2.38 bits per heavy atom. The topological polar surface area (TPSA) is 112 Å². The predicted molar refractivity (Wildman–Crippen MR) is 75.5 cm³/mol. The minimum atomic E-state index is -1.47. The highest BCUT2D eigenvalue weighted by Crippen LogP contribution is 2.25. The zero-order valence-electron chi connectivity index (χ0n) is 10.9. The molecule has 0 amide bonds. The minimum absolute atomic E-state index is 0.364. The molecule has 1 aromatic carbocycles. The lowest BCUT2D eigenvalue weighted by Crippen LogP contribution is -2.60. The molecule has 0 aromatic heterocycles. The average Bonchev–Trinajstić information content (AvgIpc) is 2.50. The van der Waals surface area contributed by atoms with Crippen molar-refractivity contribution >= 4 is 23.1 Å². The van der Waals surface area contributed by atoms with Gasteiger partial charge in [-0.2, -0.15) is 4.99 Å². The van der Waals surface area contributed by atoms with Crippen molar-refractivity contribution in [3.8, 4) is 5.75 Å². The van der Waals surface area contributed by atoms with Crippen LogP contribution in [0.15, 0.2) is 29.3 Å². The molecule has 1 aliphatic rings. The van der Waals surface area contributed by atoms with Gasteiger partial charge in [0.25, 0.3) is 0 Å². The second-order valence-electron chi connectivity index (χ2n) is 4.51. The average molecular weight is 313 g/mol. The van der Waals surface area contributed by atoms with E-state index in [1.165, 1.54) is 0 Å². The number of rotatable bonds is 4. The van der Waals surface area contributed by atoms with Gasteiger partial charge in [0.15, 0.2) is 0 Å². The van der Waals surface area contributed by atoms with Crippen molar-refractivity contribution in [2.45, 2.75) is 30.7 Å². The van der Waals surface area contributed by atoms with Crippen LogP contribution in [0.3, 0.4) is 0 Å². The number of aliphatic hydroxyl groups is 4. The van der Waals surface area contributed by atoms with Crippen LogP contribution in [0.4, 0.5) is 5.69 Å². The highest BCUT2D eigenvalue weighted by atomic mass is 32.1. The molecule has 8 heteroatoms. The van der Waals surface area contributed by atoms with E-state index in [1.54, 1.807) is 24.3 Å². The van der Waals surface area contributed by atoms with Crippen LogP contribution in [0.2, 0.25) is 0 Å². The Hall–Kier alpha value is -1.38. The van der Waals surface area contributed by atoms with E-state index in [-0.39, 0.29) is 0 Å². The minimum Gasteiger partial charge on any atom is -0.462 e. The molecule has 1 heterocycles. The number of thiocarbonyl (C=S) groups is 1. The lowest BCUT2D eigenvalue weighted by molar-refractivity contribution is -0.277. The number of nitrogens with zero attached hydrogens (tertiary/aromatic N) is 1. The fraction of sp³-hybridized carbons (Fsp3) is 0.462. The fourth-order valence-corrected chi connectivity index (χ4v) is 2.06. The first kappa shape index (κ1) is 16.0. The summed E-state index contributed by atoms with van der Waals surface area (Å²) in [5.41, 5.74) is 0.589. The molecule has 0 radical (unpaired) electrons. The summed E-state index contributed by atoms with van der Waals surface area (Å²) in [6, 6.07) is 6.40. The van der Waals surface area contributed by atoms with Gasteiger partial charge in [0, 0.05) is 0 Å². The molecule has 0 aliphatic carbocycles. The Morgan fingerprint density at radius 2 is 1.81 bits per heavy atom. The third-order valence-electron chi connectivity index (χ3n) is 3.11. The predicted octanol–water partition coefficient (Wildman–Crippen LogP) is -0.400. The molecule has 2 rings (SSSR count). The SMILES string of the molecule is OCC1O[C@@H](Oc2ccc(N=C=S)cc2)C(O)C(O)[C@H]1O. The van der Waals surface area contributed by atoms with Crippen LogP contribution in [-0.4, -0.2) is 62.9 Å². The monoisotopic (exact) mass is 313 g/mol. The number of aliphatic imine (C=N–C) groups is 1. The third kappa shape index (κ3) is 3.63. The van der Waals surface area contributed by atoms with E-state index in [9.17, 15) is 15.3 Å². The number of aliphatic hydroxyl groups excluding tert-OH is 4. The molecule has 0 bridgehead atoms. The smallest absolute Gasteiger partial charge is 0.229 e. The molecule has 3 unspecified atom stereocenters. The maximum atomic E-state index is 9.84. The van der Waals surface area contributed by atoms with Crippen molar-refractivity contribution in [1.82, 2.24) is 0 Å². The first-order chi connectivity index (χ1) is 10.1. The Labute approximate surface area is 126 Å². The largest absolute Gasteiger partial charge is 0.462 e. The Morgan fingerprint density at radius 1 is 1.14 bits per heavy atom. The second-order valence-corrected chi connectivity index (χ2v) is 4.69. The molecule has 0 saturated carbocycles. The highest BCUT2D eigenvalue weighted by Gasteiger charge is 2.44. The molecule has 1 aliphatic heterocycles. The summed E-state index contributed by atoms with van der Waals surface area (Å²) in [5.74, 6) is 0.364. The summed E-state index contributed by atoms with van der Waals surface area (Å²) in [7, 11) is 0. The lowest BCUT2D eigenvalue weighted by Gasteiger charge is -2.39. The number of ether oxygens (including phenoxy) is 2. The molecule has 7 nitrogen and oxygen atoms in total. The highest BCUT2D eigenvalue weighted by molar-refractivity contribution is 7.78. The van der Waals surface area contributed by atoms with E-state index < -0.39 is 37.3 Å². The van der Waals surface area contributed by atoms with Crippen molar-refractivity contribution in [1.29, 1.82) is 0 Å². The van der Waals surface area contributed by atoms with Gasteiger partial charge >= 0.3 is 0 Å². The van der Waals surface area contributed by atoms with E-state index in [4.69, 9.17) is 14.6 Å². The van der Waals surface area contributed by atoms with Gasteiger partial charge in [-0.1, -0.05) is 0 Å². The number of hydrogen-bond acceptors (Lipinski definition) is 8. The third-order valence-corrected chi connectivity index (χ3v) is 3.20. The van der Waals surface area contributed by atoms with Crippen LogP contribution in [-0.2, 0) is 4.74 Å². The van der Waals surface area contributed by atoms with Crippen molar-refractivity contribution in [2.24, 2.45) is 4.99 Å². The Balaban J connectivity index is 2.08. The molecule has 1 fully saturated rings. The van der Waals surface area contributed by atoms with Crippen molar-refractivity contribution in [2.75, 3.05) is 6.61 Å².